The number of carboxylic acid groups (broad SMARTS) is 1. The SMILES string of the molecule is CCc1cccc(C(=O)O)c1N1CCC[C@@H]1CO. The molecule has 0 aliphatic carbocycles. The van der Waals surface area contributed by atoms with E-state index in [4.69, 9.17) is 0 Å². The highest BCUT2D eigenvalue weighted by atomic mass is 16.4. The molecule has 0 saturated carbocycles. The zero-order chi connectivity index (χ0) is 13.1. The van der Waals surface area contributed by atoms with Gasteiger partial charge in [0.25, 0.3) is 0 Å². The van der Waals surface area contributed by atoms with Crippen LogP contribution >= 0.6 is 0 Å². The van der Waals surface area contributed by atoms with Gasteiger partial charge in [0.05, 0.1) is 23.9 Å². The molecule has 1 aliphatic heterocycles. The highest BCUT2D eigenvalue weighted by molar-refractivity contribution is 5.95. The number of hydrogen-bond acceptors (Lipinski definition) is 3. The molecule has 1 aromatic rings. The van der Waals surface area contributed by atoms with Crippen LogP contribution in [-0.2, 0) is 6.42 Å². The van der Waals surface area contributed by atoms with E-state index in [1.165, 1.54) is 0 Å². The van der Waals surface area contributed by atoms with Crippen LogP contribution in [0, 0.1) is 0 Å². The van der Waals surface area contributed by atoms with Gasteiger partial charge in [-0.1, -0.05) is 19.1 Å². The van der Waals surface area contributed by atoms with Crippen LogP contribution in [0.4, 0.5) is 5.69 Å². The first-order chi connectivity index (χ1) is 8.69. The van der Waals surface area contributed by atoms with Crippen LogP contribution in [0.15, 0.2) is 18.2 Å². The summed E-state index contributed by atoms with van der Waals surface area (Å²) in [5, 5.41) is 18.7. The van der Waals surface area contributed by atoms with Crippen LogP contribution in [0.5, 0.6) is 0 Å². The summed E-state index contributed by atoms with van der Waals surface area (Å²) in [5.41, 5.74) is 2.18. The third-order valence-corrected chi connectivity index (χ3v) is 3.61. The number of carbonyl (C=O) groups is 1. The fourth-order valence-electron chi connectivity index (χ4n) is 2.71. The molecule has 1 atom stereocenters. The van der Waals surface area contributed by atoms with E-state index in [0.29, 0.717) is 5.56 Å². The van der Waals surface area contributed by atoms with E-state index in [1.54, 1.807) is 12.1 Å². The van der Waals surface area contributed by atoms with Gasteiger partial charge in [-0.05, 0) is 30.9 Å². The number of para-hydroxylation sites is 1. The lowest BCUT2D eigenvalue weighted by molar-refractivity contribution is 0.0697. The summed E-state index contributed by atoms with van der Waals surface area (Å²) >= 11 is 0. The molecule has 4 heteroatoms. The number of nitrogens with zero attached hydrogens (tertiary/aromatic N) is 1. The van der Waals surface area contributed by atoms with Gasteiger partial charge in [-0.3, -0.25) is 0 Å². The van der Waals surface area contributed by atoms with Gasteiger partial charge in [-0.25, -0.2) is 4.79 Å². The smallest absolute Gasteiger partial charge is 0.337 e. The predicted molar refractivity (Wildman–Crippen MR) is 70.2 cm³/mol. The molecule has 1 saturated heterocycles. The summed E-state index contributed by atoms with van der Waals surface area (Å²) in [4.78, 5) is 13.4. The van der Waals surface area contributed by atoms with Gasteiger partial charge in [-0.2, -0.15) is 0 Å². The number of anilines is 1. The Hall–Kier alpha value is -1.55. The van der Waals surface area contributed by atoms with E-state index < -0.39 is 5.97 Å². The van der Waals surface area contributed by atoms with Crippen LogP contribution in [0.25, 0.3) is 0 Å². The molecule has 0 spiro atoms. The standard InChI is InChI=1S/C14H19NO3/c1-2-10-5-3-7-12(14(17)18)13(10)15-8-4-6-11(15)9-16/h3,5,7,11,16H,2,4,6,8-9H2,1H3,(H,17,18)/t11-/m1/s1. The van der Waals surface area contributed by atoms with E-state index in [0.717, 1.165) is 37.1 Å². The Morgan fingerprint density at radius 2 is 2.28 bits per heavy atom. The van der Waals surface area contributed by atoms with Crippen LogP contribution in [0.1, 0.15) is 35.7 Å². The number of aliphatic hydroxyl groups is 1. The summed E-state index contributed by atoms with van der Waals surface area (Å²) in [6.45, 7) is 2.92. The van der Waals surface area contributed by atoms with Gasteiger partial charge in [0.15, 0.2) is 0 Å². The van der Waals surface area contributed by atoms with Crippen molar-refractivity contribution in [1.82, 2.24) is 0 Å². The minimum Gasteiger partial charge on any atom is -0.478 e. The van der Waals surface area contributed by atoms with Gasteiger partial charge in [0.2, 0.25) is 0 Å². The number of benzene rings is 1. The zero-order valence-corrected chi connectivity index (χ0v) is 10.6. The lowest BCUT2D eigenvalue weighted by Gasteiger charge is -2.29. The van der Waals surface area contributed by atoms with Crippen LogP contribution in [0.2, 0.25) is 0 Å². The van der Waals surface area contributed by atoms with Gasteiger partial charge >= 0.3 is 5.97 Å². The lowest BCUT2D eigenvalue weighted by Crippen LogP contribution is -2.34. The van der Waals surface area contributed by atoms with Crippen molar-refractivity contribution >= 4 is 11.7 Å². The molecule has 0 unspecified atom stereocenters. The van der Waals surface area contributed by atoms with Crippen molar-refractivity contribution in [3.63, 3.8) is 0 Å². The van der Waals surface area contributed by atoms with E-state index >= 15 is 0 Å². The molecule has 1 fully saturated rings. The Morgan fingerprint density at radius 1 is 1.50 bits per heavy atom. The highest BCUT2D eigenvalue weighted by Crippen LogP contribution is 2.32. The summed E-state index contributed by atoms with van der Waals surface area (Å²) in [5.74, 6) is -0.899. The van der Waals surface area contributed by atoms with Crippen LogP contribution < -0.4 is 4.90 Å². The molecule has 4 nitrogen and oxygen atoms in total. The maximum Gasteiger partial charge on any atom is 0.337 e. The number of carboxylic acids is 1. The van der Waals surface area contributed by atoms with E-state index in [9.17, 15) is 15.0 Å². The molecule has 1 aromatic carbocycles. The monoisotopic (exact) mass is 249 g/mol. The van der Waals surface area contributed by atoms with Crippen molar-refractivity contribution in [3.05, 3.63) is 29.3 Å². The van der Waals surface area contributed by atoms with Crippen molar-refractivity contribution in [2.75, 3.05) is 18.1 Å². The van der Waals surface area contributed by atoms with Gasteiger partial charge < -0.3 is 15.1 Å². The molecule has 0 bridgehead atoms. The molecule has 98 valence electrons. The minimum absolute atomic E-state index is 0.0517. The molecule has 0 aromatic heterocycles. The molecule has 1 aliphatic rings. The molecular formula is C14H19NO3. The molecule has 0 radical (unpaired) electrons. The number of aromatic carboxylic acids is 1. The molecule has 0 amide bonds. The van der Waals surface area contributed by atoms with Crippen molar-refractivity contribution in [2.45, 2.75) is 32.2 Å². The molecule has 1 heterocycles. The molecule has 2 rings (SSSR count). The van der Waals surface area contributed by atoms with Gasteiger partial charge in [-0.15, -0.1) is 0 Å². The molecular weight excluding hydrogens is 230 g/mol. The Morgan fingerprint density at radius 3 is 2.89 bits per heavy atom. The summed E-state index contributed by atoms with van der Waals surface area (Å²) in [6.07, 6.45) is 2.72. The fraction of sp³-hybridized carbons (Fsp3) is 0.500. The van der Waals surface area contributed by atoms with Crippen LogP contribution in [-0.4, -0.2) is 35.4 Å². The Labute approximate surface area is 107 Å². The lowest BCUT2D eigenvalue weighted by atomic mass is 10.0. The fourth-order valence-corrected chi connectivity index (χ4v) is 2.71. The topological polar surface area (TPSA) is 60.8 Å². The highest BCUT2D eigenvalue weighted by Gasteiger charge is 2.28. The maximum atomic E-state index is 11.4. The van der Waals surface area contributed by atoms with Crippen molar-refractivity contribution in [3.8, 4) is 0 Å². The second-order valence-corrected chi connectivity index (χ2v) is 4.64. The first kappa shape index (κ1) is 12.9. The van der Waals surface area contributed by atoms with Crippen molar-refractivity contribution in [1.29, 1.82) is 0 Å². The van der Waals surface area contributed by atoms with Crippen LogP contribution in [0.3, 0.4) is 0 Å². The number of rotatable bonds is 4. The Bertz CT molecular complexity index is 445. The summed E-state index contributed by atoms with van der Waals surface area (Å²) in [7, 11) is 0. The van der Waals surface area contributed by atoms with Crippen molar-refractivity contribution < 1.29 is 15.0 Å². The molecule has 18 heavy (non-hydrogen) atoms. The van der Waals surface area contributed by atoms with Crippen molar-refractivity contribution in [2.24, 2.45) is 0 Å². The molecule has 2 N–H and O–H groups in total. The maximum absolute atomic E-state index is 11.4. The third-order valence-electron chi connectivity index (χ3n) is 3.61. The number of aryl methyl sites for hydroxylation is 1. The van der Waals surface area contributed by atoms with Gasteiger partial charge in [0.1, 0.15) is 0 Å². The third kappa shape index (κ3) is 2.20. The van der Waals surface area contributed by atoms with Gasteiger partial charge in [0, 0.05) is 6.54 Å². The summed E-state index contributed by atoms with van der Waals surface area (Å²) in [6, 6.07) is 5.45. The zero-order valence-electron chi connectivity index (χ0n) is 10.6. The van der Waals surface area contributed by atoms with E-state index in [1.807, 2.05) is 13.0 Å². The first-order valence-electron chi connectivity index (χ1n) is 6.41. The largest absolute Gasteiger partial charge is 0.478 e. The Balaban J connectivity index is 2.49. The average Bonchev–Trinajstić information content (AvgIpc) is 2.85. The number of aliphatic hydroxyl groups excluding tert-OH is 1. The van der Waals surface area contributed by atoms with E-state index in [-0.39, 0.29) is 12.6 Å². The number of hydrogen-bond donors (Lipinski definition) is 2. The second-order valence-electron chi connectivity index (χ2n) is 4.64. The first-order valence-corrected chi connectivity index (χ1v) is 6.41. The predicted octanol–water partition coefficient (Wildman–Crippen LogP) is 1.91. The van der Waals surface area contributed by atoms with E-state index in [2.05, 4.69) is 4.90 Å². The Kier molecular flexibility index (Phi) is 3.87. The minimum atomic E-state index is -0.899. The summed E-state index contributed by atoms with van der Waals surface area (Å²) < 4.78 is 0. The quantitative estimate of drug-likeness (QED) is 0.855. The second kappa shape index (κ2) is 5.40. The average molecular weight is 249 g/mol. The normalized spacial score (nSPS) is 19.2.